The number of hydrogen-bond acceptors (Lipinski definition) is 1. The zero-order valence-corrected chi connectivity index (χ0v) is 12.3. The van der Waals surface area contributed by atoms with E-state index in [0.29, 0.717) is 10.8 Å². The van der Waals surface area contributed by atoms with Crippen LogP contribution < -0.4 is 5.32 Å². The molecule has 2 fully saturated rings. The van der Waals surface area contributed by atoms with Gasteiger partial charge in [-0.2, -0.15) is 0 Å². The van der Waals surface area contributed by atoms with Gasteiger partial charge >= 0.3 is 0 Å². The summed E-state index contributed by atoms with van der Waals surface area (Å²) in [6.45, 7) is 11.0. The molecule has 0 aromatic rings. The summed E-state index contributed by atoms with van der Waals surface area (Å²) in [5, 5.41) is 3.90. The molecule has 0 amide bonds. The summed E-state index contributed by atoms with van der Waals surface area (Å²) >= 11 is 0. The van der Waals surface area contributed by atoms with Crippen molar-refractivity contribution in [1.82, 2.24) is 5.32 Å². The van der Waals surface area contributed by atoms with Crippen molar-refractivity contribution in [2.75, 3.05) is 6.54 Å². The lowest BCUT2D eigenvalue weighted by atomic mass is 9.66. The highest BCUT2D eigenvalue weighted by Gasteiger charge is 2.37. The fourth-order valence-corrected chi connectivity index (χ4v) is 4.19. The van der Waals surface area contributed by atoms with Gasteiger partial charge in [0, 0.05) is 12.6 Å². The highest BCUT2D eigenvalue weighted by Crippen LogP contribution is 2.44. The third kappa shape index (κ3) is 3.24. The van der Waals surface area contributed by atoms with Crippen molar-refractivity contribution in [2.45, 2.75) is 78.7 Å². The van der Waals surface area contributed by atoms with Crippen molar-refractivity contribution >= 4 is 0 Å². The van der Waals surface area contributed by atoms with Crippen LogP contribution in [-0.4, -0.2) is 12.6 Å². The highest BCUT2D eigenvalue weighted by molar-refractivity contribution is 4.92. The number of nitrogens with one attached hydrogen (secondary N) is 1. The Balaban J connectivity index is 1.82. The maximum Gasteiger partial charge on any atom is 0.00749 e. The van der Waals surface area contributed by atoms with E-state index in [-0.39, 0.29) is 0 Å². The molecule has 0 aromatic heterocycles. The van der Waals surface area contributed by atoms with Crippen LogP contribution in [0.25, 0.3) is 0 Å². The van der Waals surface area contributed by atoms with Gasteiger partial charge < -0.3 is 5.32 Å². The molecule has 1 heteroatoms. The van der Waals surface area contributed by atoms with Crippen LogP contribution >= 0.6 is 0 Å². The largest absolute Gasteiger partial charge is 0.313 e. The minimum atomic E-state index is 0.550. The zero-order chi connectivity index (χ0) is 12.5. The molecule has 2 aliphatic carbocycles. The Morgan fingerprint density at radius 3 is 2.35 bits per heavy atom. The van der Waals surface area contributed by atoms with Crippen LogP contribution in [0.4, 0.5) is 0 Å². The van der Waals surface area contributed by atoms with Gasteiger partial charge in [-0.25, -0.2) is 0 Å². The third-order valence-electron chi connectivity index (χ3n) is 5.32. The first-order chi connectivity index (χ1) is 7.95. The topological polar surface area (TPSA) is 12.0 Å². The summed E-state index contributed by atoms with van der Waals surface area (Å²) in [6, 6.07) is 0.776. The standard InChI is InChI=1S/C16H31N/c1-5-16(7-6-8-16)12-17-14-9-13(2)10-15(3,4)11-14/h13-14,17H,5-12H2,1-4H3. The second kappa shape index (κ2) is 4.91. The van der Waals surface area contributed by atoms with Crippen molar-refractivity contribution in [1.29, 1.82) is 0 Å². The average molecular weight is 237 g/mol. The van der Waals surface area contributed by atoms with Gasteiger partial charge in [-0.1, -0.05) is 34.1 Å². The van der Waals surface area contributed by atoms with Gasteiger partial charge in [0.1, 0.15) is 0 Å². The fourth-order valence-electron chi connectivity index (χ4n) is 4.19. The van der Waals surface area contributed by atoms with Crippen molar-refractivity contribution < 1.29 is 0 Å². The SMILES string of the molecule is CCC1(CNC2CC(C)CC(C)(C)C2)CCC1. The van der Waals surface area contributed by atoms with E-state index < -0.39 is 0 Å². The Morgan fingerprint density at radius 2 is 1.88 bits per heavy atom. The van der Waals surface area contributed by atoms with Crippen molar-refractivity contribution in [3.05, 3.63) is 0 Å². The Morgan fingerprint density at radius 1 is 1.18 bits per heavy atom. The summed E-state index contributed by atoms with van der Waals surface area (Å²) < 4.78 is 0. The normalized spacial score (nSPS) is 35.3. The molecule has 2 atom stereocenters. The van der Waals surface area contributed by atoms with E-state index in [4.69, 9.17) is 0 Å². The van der Waals surface area contributed by atoms with E-state index in [1.165, 1.54) is 51.5 Å². The van der Waals surface area contributed by atoms with E-state index in [1.54, 1.807) is 0 Å². The van der Waals surface area contributed by atoms with Crippen LogP contribution in [0.15, 0.2) is 0 Å². The van der Waals surface area contributed by atoms with Gasteiger partial charge in [-0.3, -0.25) is 0 Å². The first-order valence-corrected chi connectivity index (χ1v) is 7.68. The number of hydrogen-bond donors (Lipinski definition) is 1. The zero-order valence-electron chi connectivity index (χ0n) is 12.3. The van der Waals surface area contributed by atoms with Crippen molar-refractivity contribution in [3.8, 4) is 0 Å². The lowest BCUT2D eigenvalue weighted by Gasteiger charge is -2.45. The summed E-state index contributed by atoms with van der Waals surface area (Å²) in [5.74, 6) is 0.898. The van der Waals surface area contributed by atoms with E-state index in [2.05, 4.69) is 33.0 Å². The average Bonchev–Trinajstić information content (AvgIpc) is 2.13. The van der Waals surface area contributed by atoms with Crippen LogP contribution in [0.3, 0.4) is 0 Å². The molecular formula is C16H31N. The van der Waals surface area contributed by atoms with Crippen molar-refractivity contribution in [2.24, 2.45) is 16.7 Å². The molecule has 2 saturated carbocycles. The summed E-state index contributed by atoms with van der Waals surface area (Å²) in [4.78, 5) is 0. The molecule has 0 radical (unpaired) electrons. The molecule has 0 saturated heterocycles. The van der Waals surface area contributed by atoms with E-state index in [9.17, 15) is 0 Å². The summed E-state index contributed by atoms with van der Waals surface area (Å²) in [5.41, 5.74) is 1.22. The van der Waals surface area contributed by atoms with Crippen LogP contribution in [0.2, 0.25) is 0 Å². The maximum atomic E-state index is 3.90. The third-order valence-corrected chi connectivity index (χ3v) is 5.32. The summed E-state index contributed by atoms with van der Waals surface area (Å²) in [6.07, 6.45) is 9.92. The number of rotatable bonds is 4. The van der Waals surface area contributed by atoms with Crippen molar-refractivity contribution in [3.63, 3.8) is 0 Å². The molecular weight excluding hydrogens is 206 g/mol. The maximum absolute atomic E-state index is 3.90. The molecule has 0 aromatic carbocycles. The summed E-state index contributed by atoms with van der Waals surface area (Å²) in [7, 11) is 0. The Bertz CT molecular complexity index is 247. The monoisotopic (exact) mass is 237 g/mol. The molecule has 0 heterocycles. The van der Waals surface area contributed by atoms with E-state index >= 15 is 0 Å². The van der Waals surface area contributed by atoms with Gasteiger partial charge in [0.15, 0.2) is 0 Å². The highest BCUT2D eigenvalue weighted by atomic mass is 14.9. The first kappa shape index (κ1) is 13.4. The molecule has 100 valence electrons. The quantitative estimate of drug-likeness (QED) is 0.765. The molecule has 2 rings (SSSR count). The molecule has 0 aliphatic heterocycles. The van der Waals surface area contributed by atoms with Gasteiger partial charge in [0.05, 0.1) is 0 Å². The molecule has 2 aliphatic rings. The molecule has 0 bridgehead atoms. The van der Waals surface area contributed by atoms with Crippen LogP contribution in [0, 0.1) is 16.7 Å². The lowest BCUT2D eigenvalue weighted by Crippen LogP contribution is -2.47. The molecule has 2 unspecified atom stereocenters. The van der Waals surface area contributed by atoms with Gasteiger partial charge in [0.2, 0.25) is 0 Å². The lowest BCUT2D eigenvalue weighted by molar-refractivity contribution is 0.0951. The molecule has 0 spiro atoms. The van der Waals surface area contributed by atoms with Gasteiger partial charge in [0.25, 0.3) is 0 Å². The second-order valence-corrected chi connectivity index (χ2v) is 7.70. The second-order valence-electron chi connectivity index (χ2n) is 7.70. The van der Waals surface area contributed by atoms with Crippen LogP contribution in [0.5, 0.6) is 0 Å². The predicted molar refractivity (Wildman–Crippen MR) is 75.2 cm³/mol. The molecule has 1 nitrogen and oxygen atoms in total. The fraction of sp³-hybridized carbons (Fsp3) is 1.00. The smallest absolute Gasteiger partial charge is 0.00749 e. The predicted octanol–water partition coefficient (Wildman–Crippen LogP) is 4.37. The minimum absolute atomic E-state index is 0.550. The Labute approximate surface area is 108 Å². The Hall–Kier alpha value is -0.0400. The molecule has 17 heavy (non-hydrogen) atoms. The Kier molecular flexibility index (Phi) is 3.87. The molecule has 1 N–H and O–H groups in total. The van der Waals surface area contributed by atoms with Gasteiger partial charge in [-0.15, -0.1) is 0 Å². The van der Waals surface area contributed by atoms with Crippen LogP contribution in [0.1, 0.15) is 72.6 Å². The minimum Gasteiger partial charge on any atom is -0.313 e. The van der Waals surface area contributed by atoms with E-state index in [1.807, 2.05) is 0 Å². The van der Waals surface area contributed by atoms with Crippen LogP contribution in [-0.2, 0) is 0 Å². The van der Waals surface area contributed by atoms with E-state index in [0.717, 1.165) is 12.0 Å². The first-order valence-electron chi connectivity index (χ1n) is 7.68. The van der Waals surface area contributed by atoms with Gasteiger partial charge in [-0.05, 0) is 55.3 Å².